The second-order valence-electron chi connectivity index (χ2n) is 6.21. The van der Waals surface area contributed by atoms with E-state index in [0.717, 1.165) is 23.4 Å². The van der Waals surface area contributed by atoms with E-state index in [4.69, 9.17) is 0 Å². The Morgan fingerprint density at radius 2 is 2.24 bits per heavy atom. The monoisotopic (exact) mass is 337 g/mol. The fourth-order valence-electron chi connectivity index (χ4n) is 2.99. The zero-order valence-electron chi connectivity index (χ0n) is 13.9. The summed E-state index contributed by atoms with van der Waals surface area (Å²) in [4.78, 5) is 22.5. The Morgan fingerprint density at radius 3 is 3.12 bits per heavy atom. The molecule has 1 fully saturated rings. The lowest BCUT2D eigenvalue weighted by Gasteiger charge is -2.18. The van der Waals surface area contributed by atoms with Crippen LogP contribution >= 0.6 is 0 Å². The summed E-state index contributed by atoms with van der Waals surface area (Å²) >= 11 is 0. The van der Waals surface area contributed by atoms with Crippen LogP contribution in [0.1, 0.15) is 12.0 Å². The topological polar surface area (TPSA) is 87.5 Å². The van der Waals surface area contributed by atoms with Gasteiger partial charge in [-0.25, -0.2) is 14.3 Å². The van der Waals surface area contributed by atoms with Gasteiger partial charge in [0.2, 0.25) is 0 Å². The minimum Gasteiger partial charge on any atom is -0.364 e. The van der Waals surface area contributed by atoms with Gasteiger partial charge < -0.3 is 15.5 Å². The van der Waals surface area contributed by atoms with Gasteiger partial charge in [-0.15, -0.1) is 5.10 Å². The number of hydrogen-bond donors (Lipinski definition) is 2. The number of likely N-dealkylation sites (tertiary alicyclic amines) is 1. The van der Waals surface area contributed by atoms with Gasteiger partial charge in [0.1, 0.15) is 5.82 Å². The SMILES string of the molecule is Cc1cncc(NC(=O)N2CCC(Nc3ccc4nccn4n3)C2)c1. The summed E-state index contributed by atoms with van der Waals surface area (Å²) in [5.74, 6) is 0.778. The number of nitrogens with zero attached hydrogens (tertiary/aromatic N) is 5. The van der Waals surface area contributed by atoms with Crippen molar-refractivity contribution in [3.8, 4) is 0 Å². The number of fused-ring (bicyclic) bond motifs is 1. The van der Waals surface area contributed by atoms with E-state index in [2.05, 4.69) is 25.7 Å². The number of aryl methyl sites for hydroxylation is 1. The van der Waals surface area contributed by atoms with E-state index in [1.165, 1.54) is 0 Å². The van der Waals surface area contributed by atoms with Gasteiger partial charge in [0, 0.05) is 37.7 Å². The van der Waals surface area contributed by atoms with Crippen LogP contribution in [0.2, 0.25) is 0 Å². The lowest BCUT2D eigenvalue weighted by molar-refractivity contribution is 0.222. The van der Waals surface area contributed by atoms with E-state index in [0.29, 0.717) is 18.8 Å². The summed E-state index contributed by atoms with van der Waals surface area (Å²) in [6.07, 6.45) is 7.82. The van der Waals surface area contributed by atoms with Crippen molar-refractivity contribution in [3.63, 3.8) is 0 Å². The van der Waals surface area contributed by atoms with Crippen LogP contribution in [-0.2, 0) is 0 Å². The normalized spacial score (nSPS) is 17.0. The summed E-state index contributed by atoms with van der Waals surface area (Å²) in [6.45, 7) is 3.29. The zero-order chi connectivity index (χ0) is 17.2. The predicted molar refractivity (Wildman–Crippen MR) is 94.6 cm³/mol. The first kappa shape index (κ1) is 15.4. The Balaban J connectivity index is 1.36. The number of urea groups is 1. The molecule has 8 nitrogen and oxygen atoms in total. The maximum atomic E-state index is 12.4. The summed E-state index contributed by atoms with van der Waals surface area (Å²) in [6, 6.07) is 5.80. The van der Waals surface area contributed by atoms with Gasteiger partial charge in [-0.3, -0.25) is 4.98 Å². The van der Waals surface area contributed by atoms with Crippen molar-refractivity contribution in [2.75, 3.05) is 23.7 Å². The number of amides is 2. The fraction of sp³-hybridized carbons (Fsp3) is 0.294. The van der Waals surface area contributed by atoms with Gasteiger partial charge in [-0.05, 0) is 37.1 Å². The molecule has 25 heavy (non-hydrogen) atoms. The van der Waals surface area contributed by atoms with Gasteiger partial charge in [-0.2, -0.15) is 0 Å². The molecule has 3 aromatic rings. The highest BCUT2D eigenvalue weighted by molar-refractivity contribution is 5.89. The molecule has 4 heterocycles. The standard InChI is InChI=1S/C17H19N7O/c1-12-8-14(10-18-9-12)21-17(25)23-6-4-13(11-23)20-15-2-3-16-19-5-7-24(16)22-15/h2-3,5,7-10,13H,4,6,11H2,1H3,(H,20,22)(H,21,25). The number of rotatable bonds is 3. The molecule has 0 saturated carbocycles. The van der Waals surface area contributed by atoms with Gasteiger partial charge >= 0.3 is 6.03 Å². The van der Waals surface area contributed by atoms with E-state index in [-0.39, 0.29) is 12.1 Å². The molecule has 1 unspecified atom stereocenters. The van der Waals surface area contributed by atoms with Crippen LogP contribution in [0, 0.1) is 6.92 Å². The van der Waals surface area contributed by atoms with Gasteiger partial charge in [-0.1, -0.05) is 0 Å². The molecule has 8 heteroatoms. The number of carbonyl (C=O) groups excluding carboxylic acids is 1. The number of hydrogen-bond acceptors (Lipinski definition) is 5. The summed E-state index contributed by atoms with van der Waals surface area (Å²) in [5.41, 5.74) is 2.54. The molecule has 2 amide bonds. The smallest absolute Gasteiger partial charge is 0.321 e. The molecule has 4 rings (SSSR count). The highest BCUT2D eigenvalue weighted by Crippen LogP contribution is 2.16. The maximum Gasteiger partial charge on any atom is 0.321 e. The highest BCUT2D eigenvalue weighted by Gasteiger charge is 2.26. The van der Waals surface area contributed by atoms with E-state index >= 15 is 0 Å². The average molecular weight is 337 g/mol. The van der Waals surface area contributed by atoms with Crippen molar-refractivity contribution < 1.29 is 4.79 Å². The van der Waals surface area contributed by atoms with E-state index < -0.39 is 0 Å². The third-order valence-corrected chi connectivity index (χ3v) is 4.21. The van der Waals surface area contributed by atoms with Gasteiger partial charge in [0.05, 0.1) is 11.9 Å². The molecule has 2 N–H and O–H groups in total. The molecule has 3 aromatic heterocycles. The predicted octanol–water partition coefficient (Wildman–Crippen LogP) is 2.15. The first-order chi connectivity index (χ1) is 12.2. The Morgan fingerprint density at radius 1 is 1.32 bits per heavy atom. The second kappa shape index (κ2) is 6.39. The Bertz CT molecular complexity index is 907. The second-order valence-corrected chi connectivity index (χ2v) is 6.21. The van der Waals surface area contributed by atoms with Crippen molar-refractivity contribution in [1.29, 1.82) is 0 Å². The van der Waals surface area contributed by atoms with E-state index in [1.54, 1.807) is 28.0 Å². The lowest BCUT2D eigenvalue weighted by atomic mass is 10.2. The summed E-state index contributed by atoms with van der Waals surface area (Å²) in [7, 11) is 0. The summed E-state index contributed by atoms with van der Waals surface area (Å²) < 4.78 is 1.73. The third-order valence-electron chi connectivity index (χ3n) is 4.21. The van der Waals surface area contributed by atoms with Crippen LogP contribution in [0.25, 0.3) is 5.65 Å². The van der Waals surface area contributed by atoms with Crippen molar-refractivity contribution in [2.24, 2.45) is 0 Å². The minimum absolute atomic E-state index is 0.102. The number of nitrogens with one attached hydrogen (secondary N) is 2. The molecule has 0 radical (unpaired) electrons. The number of aromatic nitrogens is 4. The largest absolute Gasteiger partial charge is 0.364 e. The van der Waals surface area contributed by atoms with Gasteiger partial charge in [0.15, 0.2) is 5.65 Å². The number of pyridine rings is 1. The molecule has 1 aliphatic heterocycles. The third kappa shape index (κ3) is 3.37. The van der Waals surface area contributed by atoms with Crippen LogP contribution < -0.4 is 10.6 Å². The van der Waals surface area contributed by atoms with Crippen LogP contribution in [0.3, 0.4) is 0 Å². The van der Waals surface area contributed by atoms with Crippen molar-refractivity contribution in [2.45, 2.75) is 19.4 Å². The molecular weight excluding hydrogens is 318 g/mol. The van der Waals surface area contributed by atoms with Crippen LogP contribution in [-0.4, -0.2) is 49.6 Å². The van der Waals surface area contributed by atoms with Crippen LogP contribution in [0.15, 0.2) is 43.0 Å². The zero-order valence-corrected chi connectivity index (χ0v) is 13.9. The minimum atomic E-state index is -0.102. The molecule has 1 saturated heterocycles. The van der Waals surface area contributed by atoms with E-state index in [1.807, 2.05) is 31.3 Å². The fourth-order valence-corrected chi connectivity index (χ4v) is 2.99. The van der Waals surface area contributed by atoms with Crippen molar-refractivity contribution in [3.05, 3.63) is 48.5 Å². The quantitative estimate of drug-likeness (QED) is 0.765. The van der Waals surface area contributed by atoms with Gasteiger partial charge in [0.25, 0.3) is 0 Å². The molecule has 0 spiro atoms. The maximum absolute atomic E-state index is 12.4. The molecule has 1 aliphatic rings. The average Bonchev–Trinajstić information content (AvgIpc) is 3.23. The summed E-state index contributed by atoms with van der Waals surface area (Å²) in [5, 5.41) is 10.7. The first-order valence-corrected chi connectivity index (χ1v) is 8.22. The Hall–Kier alpha value is -3.16. The van der Waals surface area contributed by atoms with Crippen molar-refractivity contribution >= 4 is 23.2 Å². The molecule has 0 aromatic carbocycles. The van der Waals surface area contributed by atoms with Crippen LogP contribution in [0.4, 0.5) is 16.3 Å². The lowest BCUT2D eigenvalue weighted by Crippen LogP contribution is -2.35. The highest BCUT2D eigenvalue weighted by atomic mass is 16.2. The molecule has 0 aliphatic carbocycles. The van der Waals surface area contributed by atoms with Crippen LogP contribution in [0.5, 0.6) is 0 Å². The Labute approximate surface area is 144 Å². The van der Waals surface area contributed by atoms with Crippen molar-refractivity contribution in [1.82, 2.24) is 24.5 Å². The molecule has 0 bridgehead atoms. The number of anilines is 2. The molecule has 128 valence electrons. The number of carbonyl (C=O) groups is 1. The Kier molecular flexibility index (Phi) is 3.93. The molecular formula is C17H19N7O. The van der Waals surface area contributed by atoms with E-state index in [9.17, 15) is 4.79 Å². The first-order valence-electron chi connectivity index (χ1n) is 8.22. The molecule has 1 atom stereocenters. The number of imidazole rings is 1.